The summed E-state index contributed by atoms with van der Waals surface area (Å²) < 4.78 is 4.84. The van der Waals surface area contributed by atoms with E-state index in [4.69, 9.17) is 0 Å². The van der Waals surface area contributed by atoms with Gasteiger partial charge in [0.15, 0.2) is 0 Å². The zero-order valence-corrected chi connectivity index (χ0v) is 24.8. The minimum Gasteiger partial charge on any atom is -0.192 e. The molecule has 2 heterocycles. The van der Waals surface area contributed by atoms with Crippen molar-refractivity contribution < 1.29 is 0 Å². The van der Waals surface area contributed by atoms with Gasteiger partial charge in [0, 0.05) is 57.0 Å². The molecule has 0 unspecified atom stereocenters. The Morgan fingerprint density at radius 3 is 1.52 bits per heavy atom. The van der Waals surface area contributed by atoms with Crippen molar-refractivity contribution in [3.63, 3.8) is 0 Å². The Morgan fingerprint density at radius 2 is 0.932 bits per heavy atom. The number of fused-ring (bicyclic) bond motifs is 6. The van der Waals surface area contributed by atoms with Crippen molar-refractivity contribution in [1.29, 1.82) is 15.8 Å². The first kappa shape index (κ1) is 25.9. The minimum atomic E-state index is 0.363. The summed E-state index contributed by atoms with van der Waals surface area (Å²) in [6.45, 7) is 0. The summed E-state index contributed by atoms with van der Waals surface area (Å²) in [5.74, 6) is 0. The van der Waals surface area contributed by atoms with E-state index in [0.29, 0.717) is 27.8 Å². The third kappa shape index (κ3) is 3.98. The standard InChI is InChI=1S/C39H19N3S2/c40-20-25-6-5-7-26(21-41)39(25)33-19-27(23-12-14-37-31(16-23)28-8-1-3-10-35(28)43-37)18-30(34(33)22-42)24-13-15-38-32(17-24)29-9-2-4-11-36(29)44-38/h1-19H. The van der Waals surface area contributed by atoms with Crippen molar-refractivity contribution >= 4 is 63.0 Å². The fourth-order valence-electron chi connectivity index (χ4n) is 6.18. The quantitative estimate of drug-likeness (QED) is 0.205. The van der Waals surface area contributed by atoms with Gasteiger partial charge >= 0.3 is 0 Å². The molecule has 0 atom stereocenters. The van der Waals surface area contributed by atoms with Crippen LogP contribution in [0.4, 0.5) is 0 Å². The molecular weight excluding hydrogens is 575 g/mol. The second kappa shape index (κ2) is 10.2. The van der Waals surface area contributed by atoms with E-state index in [2.05, 4.69) is 103 Å². The lowest BCUT2D eigenvalue weighted by Crippen LogP contribution is -1.97. The van der Waals surface area contributed by atoms with Crippen molar-refractivity contribution in [3.8, 4) is 51.6 Å². The van der Waals surface area contributed by atoms with Crippen LogP contribution in [-0.4, -0.2) is 0 Å². The number of benzene rings is 6. The Balaban J connectivity index is 1.45. The molecule has 3 nitrogen and oxygen atoms in total. The molecule has 0 N–H and O–H groups in total. The molecule has 0 aliphatic rings. The van der Waals surface area contributed by atoms with Crippen molar-refractivity contribution in [1.82, 2.24) is 0 Å². The zero-order valence-electron chi connectivity index (χ0n) is 23.1. The number of thiophene rings is 2. The number of hydrogen-bond acceptors (Lipinski definition) is 5. The summed E-state index contributed by atoms with van der Waals surface area (Å²) in [6.07, 6.45) is 0. The van der Waals surface area contributed by atoms with E-state index in [0.717, 1.165) is 27.6 Å². The van der Waals surface area contributed by atoms with Crippen LogP contribution >= 0.6 is 22.7 Å². The van der Waals surface area contributed by atoms with Gasteiger partial charge < -0.3 is 0 Å². The van der Waals surface area contributed by atoms with Crippen LogP contribution < -0.4 is 0 Å². The zero-order chi connectivity index (χ0) is 29.8. The van der Waals surface area contributed by atoms with Crippen LogP contribution in [0.3, 0.4) is 0 Å². The summed E-state index contributed by atoms with van der Waals surface area (Å²) in [5.41, 5.74) is 5.83. The number of hydrogen-bond donors (Lipinski definition) is 0. The van der Waals surface area contributed by atoms with Crippen LogP contribution in [0.2, 0.25) is 0 Å². The predicted octanol–water partition coefficient (Wildman–Crippen LogP) is 11.0. The maximum atomic E-state index is 10.7. The van der Waals surface area contributed by atoms with Gasteiger partial charge in [0.25, 0.3) is 0 Å². The van der Waals surface area contributed by atoms with Crippen LogP contribution in [-0.2, 0) is 0 Å². The van der Waals surface area contributed by atoms with Gasteiger partial charge in [0.1, 0.15) is 6.07 Å². The average molecular weight is 594 g/mol. The lowest BCUT2D eigenvalue weighted by molar-refractivity contribution is 1.42. The normalized spacial score (nSPS) is 11.1. The Kier molecular flexibility index (Phi) is 6.00. The molecule has 202 valence electrons. The van der Waals surface area contributed by atoms with E-state index < -0.39 is 0 Å². The summed E-state index contributed by atoms with van der Waals surface area (Å²) in [4.78, 5) is 0. The summed E-state index contributed by atoms with van der Waals surface area (Å²) in [6, 6.07) is 45.7. The molecule has 8 rings (SSSR count). The van der Waals surface area contributed by atoms with Crippen molar-refractivity contribution in [2.24, 2.45) is 0 Å². The topological polar surface area (TPSA) is 71.4 Å². The predicted molar refractivity (Wildman–Crippen MR) is 183 cm³/mol. The Labute approximate surface area is 261 Å². The molecule has 0 aliphatic heterocycles. The highest BCUT2D eigenvalue weighted by Crippen LogP contribution is 2.43. The lowest BCUT2D eigenvalue weighted by Gasteiger charge is -2.16. The molecule has 44 heavy (non-hydrogen) atoms. The molecule has 0 fully saturated rings. The number of nitriles is 3. The van der Waals surface area contributed by atoms with Gasteiger partial charge in [-0.2, -0.15) is 15.8 Å². The van der Waals surface area contributed by atoms with E-state index in [9.17, 15) is 15.8 Å². The first-order valence-electron chi connectivity index (χ1n) is 14.0. The minimum absolute atomic E-state index is 0.363. The van der Waals surface area contributed by atoms with Crippen LogP contribution in [0.25, 0.3) is 73.7 Å². The average Bonchev–Trinajstić information content (AvgIpc) is 3.64. The summed E-state index contributed by atoms with van der Waals surface area (Å²) >= 11 is 3.52. The molecule has 2 aromatic heterocycles. The highest BCUT2D eigenvalue weighted by Gasteiger charge is 2.21. The molecule has 0 spiro atoms. The Morgan fingerprint density at radius 1 is 0.409 bits per heavy atom. The SMILES string of the molecule is N#Cc1cccc(C#N)c1-c1cc(-c2ccc3sc4ccccc4c3c2)cc(-c2ccc3sc4ccccc4c3c2)c1C#N. The van der Waals surface area contributed by atoms with Crippen LogP contribution in [0.15, 0.2) is 115 Å². The first-order valence-corrected chi connectivity index (χ1v) is 15.6. The van der Waals surface area contributed by atoms with Gasteiger partial charge in [-0.3, -0.25) is 0 Å². The van der Waals surface area contributed by atoms with Gasteiger partial charge in [-0.15, -0.1) is 22.7 Å². The largest absolute Gasteiger partial charge is 0.192 e. The number of nitrogens with zero attached hydrogens (tertiary/aromatic N) is 3. The molecule has 0 bridgehead atoms. The Hall–Kier alpha value is -5.77. The van der Waals surface area contributed by atoms with Gasteiger partial charge in [0.2, 0.25) is 0 Å². The van der Waals surface area contributed by atoms with E-state index in [1.54, 1.807) is 40.9 Å². The Bertz CT molecular complexity index is 2570. The molecule has 8 aromatic rings. The molecule has 6 aromatic carbocycles. The van der Waals surface area contributed by atoms with Gasteiger partial charge in [-0.25, -0.2) is 0 Å². The first-order chi connectivity index (χ1) is 21.7. The van der Waals surface area contributed by atoms with Crippen LogP contribution in [0.5, 0.6) is 0 Å². The fraction of sp³-hybridized carbons (Fsp3) is 0. The van der Waals surface area contributed by atoms with E-state index in [1.807, 2.05) is 12.1 Å². The fourth-order valence-corrected chi connectivity index (χ4v) is 8.35. The van der Waals surface area contributed by atoms with Crippen LogP contribution in [0.1, 0.15) is 16.7 Å². The van der Waals surface area contributed by atoms with Crippen LogP contribution in [0, 0.1) is 34.0 Å². The molecule has 5 heteroatoms. The van der Waals surface area contributed by atoms with Crippen molar-refractivity contribution in [2.45, 2.75) is 0 Å². The highest BCUT2D eigenvalue weighted by molar-refractivity contribution is 7.26. The summed E-state index contributed by atoms with van der Waals surface area (Å²) in [5, 5.41) is 35.6. The van der Waals surface area contributed by atoms with Crippen molar-refractivity contribution in [2.75, 3.05) is 0 Å². The third-order valence-electron chi connectivity index (χ3n) is 8.22. The molecule has 0 amide bonds. The summed E-state index contributed by atoms with van der Waals surface area (Å²) in [7, 11) is 0. The monoisotopic (exact) mass is 593 g/mol. The maximum absolute atomic E-state index is 10.7. The van der Waals surface area contributed by atoms with Crippen molar-refractivity contribution in [3.05, 3.63) is 132 Å². The molecule has 0 radical (unpaired) electrons. The molecule has 0 saturated carbocycles. The van der Waals surface area contributed by atoms with Gasteiger partial charge in [0.05, 0.1) is 28.8 Å². The van der Waals surface area contributed by atoms with Gasteiger partial charge in [-0.1, -0.05) is 54.6 Å². The molecule has 0 saturated heterocycles. The van der Waals surface area contributed by atoms with Gasteiger partial charge in [-0.05, 0) is 77.4 Å². The van der Waals surface area contributed by atoms with E-state index in [-0.39, 0.29) is 0 Å². The third-order valence-corrected chi connectivity index (χ3v) is 10.5. The second-order valence-electron chi connectivity index (χ2n) is 10.6. The smallest absolute Gasteiger partial charge is 0.100 e. The molecular formula is C39H19N3S2. The van der Waals surface area contributed by atoms with E-state index in [1.165, 1.54) is 35.0 Å². The molecule has 0 aliphatic carbocycles. The van der Waals surface area contributed by atoms with E-state index >= 15 is 0 Å². The second-order valence-corrected chi connectivity index (χ2v) is 12.8. The highest BCUT2D eigenvalue weighted by atomic mass is 32.1. The number of rotatable bonds is 3. The lowest BCUT2D eigenvalue weighted by atomic mass is 9.85. The maximum Gasteiger partial charge on any atom is 0.100 e.